The number of carbonyl (C=O) groups is 1. The Kier molecular flexibility index (Phi) is 4.89. The van der Waals surface area contributed by atoms with Gasteiger partial charge in [0.2, 0.25) is 0 Å². The Hall–Kier alpha value is -0.580. The molecule has 71 valence electrons. The average molecular weight is 192 g/mol. The lowest BCUT2D eigenvalue weighted by Gasteiger charge is -1.99. The highest BCUT2D eigenvalue weighted by molar-refractivity contribution is 7.89. The molecule has 0 aromatic rings. The second-order valence-corrected chi connectivity index (χ2v) is 4.28. The standard InChI is InChI=1S/C7H14NO3S/c1-3-5-7(9)8-12(10,11)6-4-2/h3-6H2,1-2H3. The zero-order valence-corrected chi connectivity index (χ0v) is 8.23. The van der Waals surface area contributed by atoms with Crippen molar-refractivity contribution < 1.29 is 13.2 Å². The van der Waals surface area contributed by atoms with Crippen molar-refractivity contribution >= 4 is 15.9 Å². The molecule has 0 fully saturated rings. The Morgan fingerprint density at radius 1 is 1.25 bits per heavy atom. The molecule has 5 heteroatoms. The van der Waals surface area contributed by atoms with Gasteiger partial charge in [0.25, 0.3) is 15.9 Å². The summed E-state index contributed by atoms with van der Waals surface area (Å²) < 4.78 is 25.0. The van der Waals surface area contributed by atoms with Crippen LogP contribution in [0.15, 0.2) is 0 Å². The summed E-state index contributed by atoms with van der Waals surface area (Å²) in [7, 11) is -3.48. The first-order valence-electron chi connectivity index (χ1n) is 4.00. The third-order valence-electron chi connectivity index (χ3n) is 1.17. The van der Waals surface area contributed by atoms with Gasteiger partial charge in [-0.05, 0) is 12.8 Å². The van der Waals surface area contributed by atoms with Gasteiger partial charge in [-0.1, -0.05) is 13.8 Å². The summed E-state index contributed by atoms with van der Waals surface area (Å²) in [6.07, 6.45) is 1.33. The maximum Gasteiger partial charge on any atom is 0.256 e. The lowest BCUT2D eigenvalue weighted by molar-refractivity contribution is -0.119. The quantitative estimate of drug-likeness (QED) is 0.642. The van der Waals surface area contributed by atoms with E-state index in [1.807, 2.05) is 0 Å². The van der Waals surface area contributed by atoms with Crippen LogP contribution in [-0.4, -0.2) is 20.1 Å². The zero-order chi connectivity index (χ0) is 9.61. The van der Waals surface area contributed by atoms with Crippen LogP contribution in [0, 0.1) is 0 Å². The molecule has 0 unspecified atom stereocenters. The van der Waals surface area contributed by atoms with Crippen LogP contribution < -0.4 is 4.72 Å². The molecule has 0 spiro atoms. The van der Waals surface area contributed by atoms with E-state index in [2.05, 4.69) is 4.72 Å². The van der Waals surface area contributed by atoms with Gasteiger partial charge in [0.05, 0.1) is 5.75 Å². The summed E-state index contributed by atoms with van der Waals surface area (Å²) >= 11 is 0. The molecule has 0 saturated heterocycles. The maximum absolute atomic E-state index is 10.9. The predicted molar refractivity (Wildman–Crippen MR) is 46.1 cm³/mol. The van der Waals surface area contributed by atoms with Gasteiger partial charge in [-0.15, -0.1) is 4.72 Å². The van der Waals surface area contributed by atoms with Crippen LogP contribution in [0.2, 0.25) is 0 Å². The van der Waals surface area contributed by atoms with Crippen LogP contribution in [0.4, 0.5) is 0 Å². The first-order chi connectivity index (χ1) is 5.52. The average Bonchev–Trinajstić information content (AvgIpc) is 1.85. The Balaban J connectivity index is 3.98. The number of nitrogens with zero attached hydrogens (tertiary/aromatic N) is 1. The van der Waals surface area contributed by atoms with E-state index < -0.39 is 15.9 Å². The normalized spacial score (nSPS) is 11.2. The van der Waals surface area contributed by atoms with Gasteiger partial charge in [0.1, 0.15) is 0 Å². The van der Waals surface area contributed by atoms with E-state index in [0.29, 0.717) is 12.8 Å². The minimum Gasteiger partial charge on any atom is -0.272 e. The molecule has 1 radical (unpaired) electrons. The molecule has 0 atom stereocenters. The van der Waals surface area contributed by atoms with Gasteiger partial charge in [0, 0.05) is 6.42 Å². The number of rotatable bonds is 5. The van der Waals surface area contributed by atoms with Crippen molar-refractivity contribution in [3.05, 3.63) is 0 Å². The summed E-state index contributed by atoms with van der Waals surface area (Å²) in [6, 6.07) is 0. The van der Waals surface area contributed by atoms with E-state index in [9.17, 15) is 13.2 Å². The Bertz CT molecular complexity index is 233. The second-order valence-electron chi connectivity index (χ2n) is 2.52. The highest BCUT2D eigenvalue weighted by Crippen LogP contribution is 1.94. The SMILES string of the molecule is CCCC(=O)[N]S(=O)(=O)CCC. The summed E-state index contributed by atoms with van der Waals surface area (Å²) in [5.74, 6) is -0.575. The molecule has 0 aliphatic heterocycles. The van der Waals surface area contributed by atoms with Crippen molar-refractivity contribution in [1.29, 1.82) is 0 Å². The fourth-order valence-corrected chi connectivity index (χ4v) is 1.73. The molecule has 4 nitrogen and oxygen atoms in total. The fraction of sp³-hybridized carbons (Fsp3) is 0.857. The van der Waals surface area contributed by atoms with E-state index in [0.717, 1.165) is 0 Å². The minimum absolute atomic E-state index is 0.0392. The van der Waals surface area contributed by atoms with Crippen LogP contribution in [0.25, 0.3) is 0 Å². The summed E-state index contributed by atoms with van der Waals surface area (Å²) in [5, 5.41) is 0. The third kappa shape index (κ3) is 5.12. The number of hydrogen-bond donors (Lipinski definition) is 0. The Labute approximate surface area is 73.4 Å². The van der Waals surface area contributed by atoms with E-state index in [4.69, 9.17) is 0 Å². The van der Waals surface area contributed by atoms with Crippen molar-refractivity contribution in [3.8, 4) is 0 Å². The van der Waals surface area contributed by atoms with Crippen molar-refractivity contribution in [3.63, 3.8) is 0 Å². The lowest BCUT2D eigenvalue weighted by atomic mass is 10.3. The van der Waals surface area contributed by atoms with E-state index in [-0.39, 0.29) is 12.2 Å². The smallest absolute Gasteiger partial charge is 0.256 e. The maximum atomic E-state index is 10.9. The highest BCUT2D eigenvalue weighted by Gasteiger charge is 2.14. The molecule has 0 rings (SSSR count). The van der Waals surface area contributed by atoms with Crippen LogP contribution in [-0.2, 0) is 14.8 Å². The summed E-state index contributed by atoms with van der Waals surface area (Å²) in [4.78, 5) is 10.8. The number of hydrogen-bond acceptors (Lipinski definition) is 3. The van der Waals surface area contributed by atoms with Gasteiger partial charge in [-0.2, -0.15) is 0 Å². The third-order valence-corrected chi connectivity index (χ3v) is 2.57. The Morgan fingerprint density at radius 3 is 2.25 bits per heavy atom. The van der Waals surface area contributed by atoms with Crippen LogP contribution in [0.1, 0.15) is 33.1 Å². The summed E-state index contributed by atoms with van der Waals surface area (Å²) in [6.45, 7) is 3.54. The largest absolute Gasteiger partial charge is 0.272 e. The zero-order valence-electron chi connectivity index (χ0n) is 7.41. The molecular weight excluding hydrogens is 178 g/mol. The fourth-order valence-electron chi connectivity index (χ4n) is 0.718. The molecule has 0 saturated carbocycles. The van der Waals surface area contributed by atoms with E-state index in [1.54, 1.807) is 13.8 Å². The summed E-state index contributed by atoms with van der Waals surface area (Å²) in [5.41, 5.74) is 0. The lowest BCUT2D eigenvalue weighted by Crippen LogP contribution is -2.25. The van der Waals surface area contributed by atoms with Gasteiger partial charge in [-0.3, -0.25) is 4.79 Å². The first-order valence-corrected chi connectivity index (χ1v) is 5.61. The van der Waals surface area contributed by atoms with Gasteiger partial charge < -0.3 is 0 Å². The molecule has 0 N–H and O–H groups in total. The van der Waals surface area contributed by atoms with Crippen molar-refractivity contribution in [1.82, 2.24) is 4.72 Å². The number of amides is 1. The topological polar surface area (TPSA) is 65.3 Å². The van der Waals surface area contributed by atoms with E-state index in [1.165, 1.54) is 0 Å². The molecule has 0 aromatic carbocycles. The molecule has 1 amide bonds. The highest BCUT2D eigenvalue weighted by atomic mass is 32.2. The molecule has 0 aliphatic carbocycles. The van der Waals surface area contributed by atoms with Crippen LogP contribution in [0.3, 0.4) is 0 Å². The predicted octanol–water partition coefficient (Wildman–Crippen LogP) is 0.657. The second kappa shape index (κ2) is 5.13. The molecule has 0 bridgehead atoms. The van der Waals surface area contributed by atoms with Crippen LogP contribution >= 0.6 is 0 Å². The Morgan fingerprint density at radius 2 is 1.83 bits per heavy atom. The van der Waals surface area contributed by atoms with Gasteiger partial charge >= 0.3 is 0 Å². The minimum atomic E-state index is -3.48. The number of carbonyl (C=O) groups excluding carboxylic acids is 1. The molecule has 0 aliphatic rings. The van der Waals surface area contributed by atoms with Gasteiger partial charge in [-0.25, -0.2) is 8.42 Å². The van der Waals surface area contributed by atoms with Crippen molar-refractivity contribution in [2.45, 2.75) is 33.1 Å². The molecule has 0 aromatic heterocycles. The van der Waals surface area contributed by atoms with Gasteiger partial charge in [0.15, 0.2) is 0 Å². The monoisotopic (exact) mass is 192 g/mol. The van der Waals surface area contributed by atoms with Crippen molar-refractivity contribution in [2.75, 3.05) is 5.75 Å². The van der Waals surface area contributed by atoms with E-state index >= 15 is 0 Å². The number of sulfonamides is 1. The molecule has 12 heavy (non-hydrogen) atoms. The molecular formula is C7H14NO3S. The molecule has 0 heterocycles. The first kappa shape index (κ1) is 11.4. The van der Waals surface area contributed by atoms with Crippen LogP contribution in [0.5, 0.6) is 0 Å². The van der Waals surface area contributed by atoms with Crippen molar-refractivity contribution in [2.24, 2.45) is 0 Å².